The SMILES string of the molecule is CCc1c(CNC2CC(CC(=O)O)C2(C)C)cnn1CC. The fourth-order valence-electron chi connectivity index (χ4n) is 3.43. The molecule has 1 aromatic rings. The van der Waals surface area contributed by atoms with E-state index in [2.05, 4.69) is 42.8 Å². The van der Waals surface area contributed by atoms with Crippen molar-refractivity contribution in [3.63, 3.8) is 0 Å². The molecule has 0 radical (unpaired) electrons. The van der Waals surface area contributed by atoms with Gasteiger partial charge in [-0.1, -0.05) is 20.8 Å². The molecule has 0 bridgehead atoms. The number of nitrogens with zero attached hydrogens (tertiary/aromatic N) is 2. The summed E-state index contributed by atoms with van der Waals surface area (Å²) in [5.74, 6) is -0.416. The predicted molar refractivity (Wildman–Crippen MR) is 82.0 cm³/mol. The number of nitrogens with one attached hydrogen (secondary N) is 1. The van der Waals surface area contributed by atoms with Crippen molar-refractivity contribution in [2.45, 2.75) is 66.1 Å². The third kappa shape index (κ3) is 3.12. The Labute approximate surface area is 126 Å². The number of aryl methyl sites for hydroxylation is 1. The molecule has 1 heterocycles. The minimum Gasteiger partial charge on any atom is -0.481 e. The number of hydrogen-bond donors (Lipinski definition) is 2. The predicted octanol–water partition coefficient (Wildman–Crippen LogP) is 2.44. The molecule has 0 spiro atoms. The molecule has 1 fully saturated rings. The maximum Gasteiger partial charge on any atom is 0.303 e. The van der Waals surface area contributed by atoms with Crippen molar-refractivity contribution in [1.82, 2.24) is 15.1 Å². The van der Waals surface area contributed by atoms with Gasteiger partial charge in [-0.25, -0.2) is 0 Å². The van der Waals surface area contributed by atoms with Gasteiger partial charge in [0.25, 0.3) is 0 Å². The smallest absolute Gasteiger partial charge is 0.303 e. The van der Waals surface area contributed by atoms with Crippen molar-refractivity contribution in [2.75, 3.05) is 0 Å². The van der Waals surface area contributed by atoms with Gasteiger partial charge < -0.3 is 10.4 Å². The van der Waals surface area contributed by atoms with Gasteiger partial charge in [-0.3, -0.25) is 9.48 Å². The fourth-order valence-corrected chi connectivity index (χ4v) is 3.43. The van der Waals surface area contributed by atoms with Gasteiger partial charge in [0.2, 0.25) is 0 Å². The lowest BCUT2D eigenvalue weighted by Crippen LogP contribution is -2.57. The van der Waals surface area contributed by atoms with Crippen LogP contribution < -0.4 is 5.32 Å². The van der Waals surface area contributed by atoms with Crippen LogP contribution in [-0.4, -0.2) is 26.9 Å². The highest BCUT2D eigenvalue weighted by molar-refractivity contribution is 5.67. The molecule has 1 aliphatic carbocycles. The minimum absolute atomic E-state index is 0.0471. The summed E-state index contributed by atoms with van der Waals surface area (Å²) in [5.41, 5.74) is 2.60. The van der Waals surface area contributed by atoms with Crippen LogP contribution in [0, 0.1) is 11.3 Å². The minimum atomic E-state index is -0.691. The van der Waals surface area contributed by atoms with Gasteiger partial charge in [-0.15, -0.1) is 0 Å². The van der Waals surface area contributed by atoms with Crippen LogP contribution >= 0.6 is 0 Å². The summed E-state index contributed by atoms with van der Waals surface area (Å²) >= 11 is 0. The van der Waals surface area contributed by atoms with Gasteiger partial charge >= 0.3 is 5.97 Å². The van der Waals surface area contributed by atoms with E-state index in [0.717, 1.165) is 25.9 Å². The number of aromatic nitrogens is 2. The summed E-state index contributed by atoms with van der Waals surface area (Å²) in [5, 5.41) is 17.0. The number of hydrogen-bond acceptors (Lipinski definition) is 3. The van der Waals surface area contributed by atoms with Crippen LogP contribution in [0.4, 0.5) is 0 Å². The van der Waals surface area contributed by atoms with Gasteiger partial charge in [-0.05, 0) is 31.1 Å². The average Bonchev–Trinajstić information content (AvgIpc) is 2.83. The molecule has 0 aliphatic heterocycles. The molecule has 0 aromatic carbocycles. The summed E-state index contributed by atoms with van der Waals surface area (Å²) in [6, 6.07) is 0.386. The molecule has 1 saturated carbocycles. The lowest BCUT2D eigenvalue weighted by molar-refractivity contribution is -0.142. The Kier molecular flexibility index (Phi) is 4.71. The first-order valence-electron chi connectivity index (χ1n) is 7.88. The molecular weight excluding hydrogens is 266 g/mol. The van der Waals surface area contributed by atoms with E-state index in [0.29, 0.717) is 6.04 Å². The maximum atomic E-state index is 10.9. The molecule has 118 valence electrons. The van der Waals surface area contributed by atoms with Crippen molar-refractivity contribution in [3.05, 3.63) is 17.5 Å². The van der Waals surface area contributed by atoms with E-state index in [4.69, 9.17) is 5.11 Å². The lowest BCUT2D eigenvalue weighted by Gasteiger charge is -2.52. The van der Waals surface area contributed by atoms with Gasteiger partial charge in [0.05, 0.1) is 6.20 Å². The summed E-state index contributed by atoms with van der Waals surface area (Å²) in [4.78, 5) is 10.9. The topological polar surface area (TPSA) is 67.2 Å². The molecule has 2 rings (SSSR count). The quantitative estimate of drug-likeness (QED) is 0.810. The third-order valence-corrected chi connectivity index (χ3v) is 5.10. The summed E-state index contributed by atoms with van der Waals surface area (Å²) in [6.45, 7) is 10.3. The average molecular weight is 293 g/mol. The van der Waals surface area contributed by atoms with Crippen LogP contribution in [0.3, 0.4) is 0 Å². The zero-order valence-corrected chi connectivity index (χ0v) is 13.5. The Morgan fingerprint density at radius 2 is 2.24 bits per heavy atom. The lowest BCUT2D eigenvalue weighted by atomic mass is 9.57. The maximum absolute atomic E-state index is 10.9. The van der Waals surface area contributed by atoms with Gasteiger partial charge in [0.15, 0.2) is 0 Å². The first kappa shape index (κ1) is 16.0. The van der Waals surface area contributed by atoms with Crippen molar-refractivity contribution in [3.8, 4) is 0 Å². The van der Waals surface area contributed by atoms with Gasteiger partial charge in [0, 0.05) is 36.8 Å². The number of carbonyl (C=O) groups is 1. The van der Waals surface area contributed by atoms with E-state index in [9.17, 15) is 4.79 Å². The summed E-state index contributed by atoms with van der Waals surface area (Å²) < 4.78 is 2.05. The molecule has 0 amide bonds. The van der Waals surface area contributed by atoms with E-state index < -0.39 is 5.97 Å². The van der Waals surface area contributed by atoms with Crippen LogP contribution in [0.2, 0.25) is 0 Å². The molecule has 2 N–H and O–H groups in total. The molecule has 0 saturated heterocycles. The molecule has 1 aliphatic rings. The van der Waals surface area contributed by atoms with Crippen LogP contribution in [-0.2, 0) is 24.3 Å². The highest BCUT2D eigenvalue weighted by Crippen LogP contribution is 2.48. The number of carboxylic acid groups (broad SMARTS) is 1. The molecule has 1 aromatic heterocycles. The van der Waals surface area contributed by atoms with E-state index in [-0.39, 0.29) is 17.8 Å². The molecule has 2 unspecified atom stereocenters. The largest absolute Gasteiger partial charge is 0.481 e. The standard InChI is InChI=1S/C16H27N3O2/c1-5-13-11(10-18-19(13)6-2)9-17-14-7-12(8-15(20)21)16(14,3)4/h10,12,14,17H,5-9H2,1-4H3,(H,20,21). The monoisotopic (exact) mass is 293 g/mol. The second-order valence-electron chi connectivity index (χ2n) is 6.57. The second kappa shape index (κ2) is 6.18. The van der Waals surface area contributed by atoms with Crippen molar-refractivity contribution < 1.29 is 9.90 Å². The van der Waals surface area contributed by atoms with E-state index in [1.54, 1.807) is 0 Å². The molecule has 21 heavy (non-hydrogen) atoms. The van der Waals surface area contributed by atoms with Gasteiger partial charge in [0.1, 0.15) is 0 Å². The highest BCUT2D eigenvalue weighted by Gasteiger charge is 2.48. The first-order chi connectivity index (χ1) is 9.90. The Morgan fingerprint density at radius 1 is 1.52 bits per heavy atom. The van der Waals surface area contributed by atoms with Crippen molar-refractivity contribution in [1.29, 1.82) is 0 Å². The Hall–Kier alpha value is -1.36. The number of rotatable bonds is 7. The molecule has 5 heteroatoms. The van der Waals surface area contributed by atoms with Crippen molar-refractivity contribution >= 4 is 5.97 Å². The molecule has 5 nitrogen and oxygen atoms in total. The zero-order chi connectivity index (χ0) is 15.6. The summed E-state index contributed by atoms with van der Waals surface area (Å²) in [6.07, 6.45) is 4.16. The van der Waals surface area contributed by atoms with E-state index in [1.165, 1.54) is 11.3 Å². The first-order valence-corrected chi connectivity index (χ1v) is 7.88. The molecular formula is C16H27N3O2. The third-order valence-electron chi connectivity index (χ3n) is 5.10. The normalized spacial score (nSPS) is 23.8. The fraction of sp³-hybridized carbons (Fsp3) is 0.750. The number of carboxylic acids is 1. The Bertz CT molecular complexity index is 508. The van der Waals surface area contributed by atoms with Crippen LogP contribution in [0.15, 0.2) is 6.20 Å². The summed E-state index contributed by atoms with van der Waals surface area (Å²) in [7, 11) is 0. The highest BCUT2D eigenvalue weighted by atomic mass is 16.4. The van der Waals surface area contributed by atoms with Gasteiger partial charge in [-0.2, -0.15) is 5.10 Å². The van der Waals surface area contributed by atoms with E-state index in [1.807, 2.05) is 6.20 Å². The van der Waals surface area contributed by atoms with Crippen molar-refractivity contribution in [2.24, 2.45) is 11.3 Å². The Morgan fingerprint density at radius 3 is 2.76 bits per heavy atom. The van der Waals surface area contributed by atoms with Crippen LogP contribution in [0.5, 0.6) is 0 Å². The number of aliphatic carboxylic acids is 1. The zero-order valence-electron chi connectivity index (χ0n) is 13.5. The van der Waals surface area contributed by atoms with E-state index >= 15 is 0 Å². The Balaban J connectivity index is 1.93. The van der Waals surface area contributed by atoms with Crippen LogP contribution in [0.25, 0.3) is 0 Å². The molecule has 2 atom stereocenters. The van der Waals surface area contributed by atoms with Crippen LogP contribution in [0.1, 0.15) is 51.8 Å². The second-order valence-corrected chi connectivity index (χ2v) is 6.57.